The lowest BCUT2D eigenvalue weighted by Crippen LogP contribution is -2.07. The SMILES string of the molecule is N#CCNc1nc(-c2cc(-c3ccon3)n(Cc3ccccc3F)n2)ncc1F. The maximum atomic E-state index is 14.1. The van der Waals surface area contributed by atoms with Gasteiger partial charge in [0.15, 0.2) is 17.5 Å². The number of rotatable bonds is 6. The van der Waals surface area contributed by atoms with Crippen LogP contribution in [0.2, 0.25) is 0 Å². The lowest BCUT2D eigenvalue weighted by Gasteiger charge is -2.06. The van der Waals surface area contributed by atoms with Crippen LogP contribution < -0.4 is 5.32 Å². The third kappa shape index (κ3) is 3.79. The fraction of sp³-hybridized carbons (Fsp3) is 0.105. The van der Waals surface area contributed by atoms with Crippen molar-refractivity contribution in [3.05, 3.63) is 66.1 Å². The van der Waals surface area contributed by atoms with Gasteiger partial charge in [-0.15, -0.1) is 0 Å². The van der Waals surface area contributed by atoms with Crippen LogP contribution in [0.4, 0.5) is 14.6 Å². The Labute approximate surface area is 163 Å². The molecule has 0 unspecified atom stereocenters. The first-order valence-electron chi connectivity index (χ1n) is 8.51. The van der Waals surface area contributed by atoms with Crippen molar-refractivity contribution in [3.63, 3.8) is 0 Å². The summed E-state index contributed by atoms with van der Waals surface area (Å²) in [5.41, 5.74) is 1.81. The zero-order chi connectivity index (χ0) is 20.2. The van der Waals surface area contributed by atoms with E-state index in [1.165, 1.54) is 12.3 Å². The number of aromatic nitrogens is 5. The van der Waals surface area contributed by atoms with Crippen molar-refractivity contribution in [1.82, 2.24) is 24.9 Å². The highest BCUT2D eigenvalue weighted by Crippen LogP contribution is 2.25. The average Bonchev–Trinajstić information content (AvgIpc) is 3.39. The first-order chi connectivity index (χ1) is 14.2. The van der Waals surface area contributed by atoms with Gasteiger partial charge in [-0.3, -0.25) is 4.68 Å². The third-order valence-corrected chi connectivity index (χ3v) is 4.07. The van der Waals surface area contributed by atoms with E-state index in [1.807, 2.05) is 6.07 Å². The van der Waals surface area contributed by atoms with Gasteiger partial charge in [0.2, 0.25) is 0 Å². The normalized spacial score (nSPS) is 10.7. The molecule has 4 aromatic rings. The molecular weight excluding hydrogens is 380 g/mol. The predicted molar refractivity (Wildman–Crippen MR) is 98.3 cm³/mol. The fourth-order valence-corrected chi connectivity index (χ4v) is 2.72. The number of nitrogens with zero attached hydrogens (tertiary/aromatic N) is 6. The maximum Gasteiger partial charge on any atom is 0.183 e. The van der Waals surface area contributed by atoms with Crippen molar-refractivity contribution in [2.75, 3.05) is 11.9 Å². The number of nitriles is 1. The highest BCUT2D eigenvalue weighted by atomic mass is 19.1. The molecule has 144 valence electrons. The largest absolute Gasteiger partial charge is 0.364 e. The molecule has 0 aliphatic rings. The zero-order valence-corrected chi connectivity index (χ0v) is 14.9. The molecule has 0 aliphatic carbocycles. The van der Waals surface area contributed by atoms with Crippen LogP contribution in [0.3, 0.4) is 0 Å². The molecule has 0 fully saturated rings. The summed E-state index contributed by atoms with van der Waals surface area (Å²) in [5.74, 6) is -1.02. The molecule has 10 heteroatoms. The Hall–Kier alpha value is -4.13. The molecule has 1 N–H and O–H groups in total. The highest BCUT2D eigenvalue weighted by Gasteiger charge is 2.18. The van der Waals surface area contributed by atoms with Crippen molar-refractivity contribution in [2.24, 2.45) is 0 Å². The van der Waals surface area contributed by atoms with E-state index in [0.717, 1.165) is 6.20 Å². The molecule has 29 heavy (non-hydrogen) atoms. The first-order valence-corrected chi connectivity index (χ1v) is 8.51. The van der Waals surface area contributed by atoms with Crippen LogP contribution in [0.25, 0.3) is 22.9 Å². The van der Waals surface area contributed by atoms with Crippen LogP contribution in [0.15, 0.2) is 53.4 Å². The molecule has 0 bridgehead atoms. The highest BCUT2D eigenvalue weighted by molar-refractivity contribution is 5.63. The molecular formula is C19H13F2N7O. The molecule has 0 saturated carbocycles. The second kappa shape index (κ2) is 7.85. The predicted octanol–water partition coefficient (Wildman–Crippen LogP) is 3.26. The lowest BCUT2D eigenvalue weighted by atomic mass is 10.2. The van der Waals surface area contributed by atoms with Gasteiger partial charge in [-0.1, -0.05) is 23.4 Å². The molecule has 3 aromatic heterocycles. The molecule has 4 rings (SSSR count). The Balaban J connectivity index is 1.76. The van der Waals surface area contributed by atoms with E-state index in [2.05, 4.69) is 25.5 Å². The average molecular weight is 393 g/mol. The van der Waals surface area contributed by atoms with Crippen LogP contribution in [0.1, 0.15) is 5.56 Å². The van der Waals surface area contributed by atoms with Gasteiger partial charge in [0, 0.05) is 11.6 Å². The number of nitrogens with one attached hydrogen (secondary N) is 1. The van der Waals surface area contributed by atoms with Gasteiger partial charge < -0.3 is 9.84 Å². The minimum Gasteiger partial charge on any atom is -0.364 e. The number of benzene rings is 1. The Morgan fingerprint density at radius 2 is 2.00 bits per heavy atom. The fourth-order valence-electron chi connectivity index (χ4n) is 2.72. The molecule has 0 spiro atoms. The molecule has 0 amide bonds. The summed E-state index contributed by atoms with van der Waals surface area (Å²) in [5, 5.41) is 19.6. The molecule has 0 atom stereocenters. The standard InChI is InChI=1S/C19H13F2N7O/c20-13-4-2-1-3-12(13)11-28-17(15-5-8-29-27-15)9-16(26-28)19-24-10-14(21)18(25-19)23-7-6-22/h1-5,8-10H,7,11H2,(H,23,24,25). The Bertz CT molecular complexity index is 1180. The summed E-state index contributed by atoms with van der Waals surface area (Å²) < 4.78 is 34.4. The molecule has 3 heterocycles. The van der Waals surface area contributed by atoms with E-state index in [-0.39, 0.29) is 30.5 Å². The summed E-state index contributed by atoms with van der Waals surface area (Å²) in [6.07, 6.45) is 2.40. The number of halogens is 2. The Kier molecular flexibility index (Phi) is 4.94. The lowest BCUT2D eigenvalue weighted by molar-refractivity contribution is 0.421. The molecule has 8 nitrogen and oxygen atoms in total. The van der Waals surface area contributed by atoms with Crippen LogP contribution in [-0.4, -0.2) is 31.4 Å². The number of hydrogen-bond acceptors (Lipinski definition) is 7. The van der Waals surface area contributed by atoms with E-state index in [1.54, 1.807) is 35.0 Å². The monoisotopic (exact) mass is 393 g/mol. The van der Waals surface area contributed by atoms with E-state index in [0.29, 0.717) is 22.6 Å². The summed E-state index contributed by atoms with van der Waals surface area (Å²) in [7, 11) is 0. The smallest absolute Gasteiger partial charge is 0.183 e. The van der Waals surface area contributed by atoms with Crippen molar-refractivity contribution < 1.29 is 13.3 Å². The number of hydrogen-bond donors (Lipinski definition) is 1. The molecule has 1 aromatic carbocycles. The molecule has 0 saturated heterocycles. The van der Waals surface area contributed by atoms with E-state index in [4.69, 9.17) is 9.78 Å². The summed E-state index contributed by atoms with van der Waals surface area (Å²) in [6, 6.07) is 11.5. The van der Waals surface area contributed by atoms with Crippen molar-refractivity contribution in [1.29, 1.82) is 5.26 Å². The maximum absolute atomic E-state index is 14.1. The number of anilines is 1. The zero-order valence-electron chi connectivity index (χ0n) is 14.9. The van der Waals surface area contributed by atoms with Gasteiger partial charge in [0.25, 0.3) is 0 Å². The second-order valence-electron chi connectivity index (χ2n) is 5.95. The minimum absolute atomic E-state index is 0.108. The molecule has 0 aliphatic heterocycles. The topological polar surface area (TPSA) is 105 Å². The third-order valence-electron chi connectivity index (χ3n) is 4.07. The van der Waals surface area contributed by atoms with Gasteiger partial charge in [0.05, 0.1) is 24.5 Å². The van der Waals surface area contributed by atoms with Gasteiger partial charge in [-0.2, -0.15) is 10.4 Å². The molecule has 0 radical (unpaired) electrons. The Morgan fingerprint density at radius 3 is 2.76 bits per heavy atom. The van der Waals surface area contributed by atoms with Gasteiger partial charge >= 0.3 is 0 Å². The van der Waals surface area contributed by atoms with Crippen LogP contribution in [0, 0.1) is 23.0 Å². The second-order valence-corrected chi connectivity index (χ2v) is 5.95. The van der Waals surface area contributed by atoms with Crippen molar-refractivity contribution in [2.45, 2.75) is 6.54 Å². The van der Waals surface area contributed by atoms with Crippen molar-refractivity contribution in [3.8, 4) is 29.0 Å². The van der Waals surface area contributed by atoms with E-state index >= 15 is 0 Å². The Morgan fingerprint density at radius 1 is 1.14 bits per heavy atom. The summed E-state index contributed by atoms with van der Waals surface area (Å²) >= 11 is 0. The van der Waals surface area contributed by atoms with Crippen LogP contribution in [-0.2, 0) is 6.54 Å². The van der Waals surface area contributed by atoms with Gasteiger partial charge in [-0.25, -0.2) is 18.7 Å². The van der Waals surface area contributed by atoms with Crippen LogP contribution in [0.5, 0.6) is 0 Å². The van der Waals surface area contributed by atoms with E-state index in [9.17, 15) is 8.78 Å². The quantitative estimate of drug-likeness (QED) is 0.501. The van der Waals surface area contributed by atoms with Gasteiger partial charge in [-0.05, 0) is 12.1 Å². The van der Waals surface area contributed by atoms with Crippen molar-refractivity contribution >= 4 is 5.82 Å². The van der Waals surface area contributed by atoms with Gasteiger partial charge in [0.1, 0.15) is 30.0 Å². The minimum atomic E-state index is -0.688. The van der Waals surface area contributed by atoms with Crippen LogP contribution >= 0.6 is 0 Å². The van der Waals surface area contributed by atoms with E-state index < -0.39 is 5.82 Å². The summed E-state index contributed by atoms with van der Waals surface area (Å²) in [4.78, 5) is 8.07. The summed E-state index contributed by atoms with van der Waals surface area (Å²) in [6.45, 7) is 0.0227. The first kappa shape index (κ1) is 18.2.